The number of rotatable bonds is 5. The SMILES string of the molecule is Cc1cc(C)n(CC(=O)N2CCCC(c3ccn(CC(=O)O)n3)C2)n1. The number of aromatic nitrogens is 4. The van der Waals surface area contributed by atoms with Crippen LogP contribution < -0.4 is 0 Å². The highest BCUT2D eigenvalue weighted by Crippen LogP contribution is 2.25. The minimum Gasteiger partial charge on any atom is -0.480 e. The summed E-state index contributed by atoms with van der Waals surface area (Å²) in [6.45, 7) is 5.32. The van der Waals surface area contributed by atoms with E-state index in [1.807, 2.05) is 30.9 Å². The zero-order valence-electron chi connectivity index (χ0n) is 14.6. The van der Waals surface area contributed by atoms with Gasteiger partial charge in [-0.15, -0.1) is 0 Å². The molecule has 1 N–H and O–H groups in total. The summed E-state index contributed by atoms with van der Waals surface area (Å²) in [5, 5.41) is 17.5. The maximum absolute atomic E-state index is 12.6. The Hall–Kier alpha value is -2.64. The van der Waals surface area contributed by atoms with Gasteiger partial charge in [0.1, 0.15) is 13.1 Å². The van der Waals surface area contributed by atoms with Gasteiger partial charge in [-0.3, -0.25) is 19.0 Å². The molecule has 0 radical (unpaired) electrons. The molecule has 2 aromatic heterocycles. The van der Waals surface area contributed by atoms with Gasteiger partial charge in [-0.2, -0.15) is 10.2 Å². The predicted molar refractivity (Wildman–Crippen MR) is 90.1 cm³/mol. The Morgan fingerprint density at radius 2 is 2.08 bits per heavy atom. The van der Waals surface area contributed by atoms with Crippen LogP contribution in [-0.4, -0.2) is 54.5 Å². The van der Waals surface area contributed by atoms with Crippen molar-refractivity contribution in [3.8, 4) is 0 Å². The van der Waals surface area contributed by atoms with Crippen molar-refractivity contribution in [2.24, 2.45) is 0 Å². The topological polar surface area (TPSA) is 93.2 Å². The summed E-state index contributed by atoms with van der Waals surface area (Å²) in [5.74, 6) is -0.714. The second-order valence-corrected chi connectivity index (χ2v) is 6.60. The van der Waals surface area contributed by atoms with E-state index >= 15 is 0 Å². The fourth-order valence-corrected chi connectivity index (χ4v) is 3.33. The zero-order chi connectivity index (χ0) is 18.0. The molecule has 134 valence electrons. The first-order chi connectivity index (χ1) is 11.9. The Labute approximate surface area is 146 Å². The van der Waals surface area contributed by atoms with E-state index in [-0.39, 0.29) is 24.9 Å². The van der Waals surface area contributed by atoms with E-state index in [9.17, 15) is 9.59 Å². The molecular formula is C17H23N5O3. The van der Waals surface area contributed by atoms with Gasteiger partial charge in [-0.25, -0.2) is 0 Å². The molecule has 1 saturated heterocycles. The highest BCUT2D eigenvalue weighted by Gasteiger charge is 2.26. The van der Waals surface area contributed by atoms with E-state index in [0.29, 0.717) is 6.54 Å². The number of carboxylic acids is 1. The number of hydrogen-bond donors (Lipinski definition) is 1. The summed E-state index contributed by atoms with van der Waals surface area (Å²) >= 11 is 0. The molecule has 3 heterocycles. The summed E-state index contributed by atoms with van der Waals surface area (Å²) in [4.78, 5) is 25.3. The summed E-state index contributed by atoms with van der Waals surface area (Å²) < 4.78 is 3.16. The Bertz CT molecular complexity index is 779. The molecular weight excluding hydrogens is 322 g/mol. The van der Waals surface area contributed by atoms with Gasteiger partial charge in [0, 0.05) is 30.9 Å². The van der Waals surface area contributed by atoms with E-state index in [4.69, 9.17) is 5.11 Å². The lowest BCUT2D eigenvalue weighted by molar-refractivity contribution is -0.138. The van der Waals surface area contributed by atoms with E-state index in [1.165, 1.54) is 4.68 Å². The first-order valence-electron chi connectivity index (χ1n) is 8.46. The van der Waals surface area contributed by atoms with Crippen molar-refractivity contribution < 1.29 is 14.7 Å². The Balaban J connectivity index is 1.64. The summed E-state index contributed by atoms with van der Waals surface area (Å²) in [5.41, 5.74) is 2.74. The Morgan fingerprint density at radius 1 is 1.28 bits per heavy atom. The maximum atomic E-state index is 12.6. The van der Waals surface area contributed by atoms with Crippen LogP contribution in [0.5, 0.6) is 0 Å². The number of aryl methyl sites for hydroxylation is 2. The van der Waals surface area contributed by atoms with Gasteiger partial charge >= 0.3 is 5.97 Å². The number of carboxylic acid groups (broad SMARTS) is 1. The molecule has 0 saturated carbocycles. The van der Waals surface area contributed by atoms with Crippen LogP contribution in [0, 0.1) is 13.8 Å². The van der Waals surface area contributed by atoms with Gasteiger partial charge in [0.2, 0.25) is 5.91 Å². The van der Waals surface area contributed by atoms with Gasteiger partial charge in [0.25, 0.3) is 0 Å². The number of carbonyl (C=O) groups is 2. The third-order valence-corrected chi connectivity index (χ3v) is 4.54. The predicted octanol–water partition coefficient (Wildman–Crippen LogP) is 1.19. The van der Waals surface area contributed by atoms with Gasteiger partial charge < -0.3 is 10.0 Å². The fourth-order valence-electron chi connectivity index (χ4n) is 3.33. The third-order valence-electron chi connectivity index (χ3n) is 4.54. The number of carbonyl (C=O) groups excluding carboxylic acids is 1. The van der Waals surface area contributed by atoms with Gasteiger partial charge in [0.05, 0.1) is 11.4 Å². The van der Waals surface area contributed by atoms with Crippen molar-refractivity contribution in [2.45, 2.75) is 45.7 Å². The normalized spacial score (nSPS) is 17.7. The number of nitrogens with zero attached hydrogens (tertiary/aromatic N) is 5. The molecule has 1 amide bonds. The van der Waals surface area contributed by atoms with Gasteiger partial charge in [0.15, 0.2) is 0 Å². The molecule has 0 spiro atoms. The lowest BCUT2D eigenvalue weighted by Gasteiger charge is -2.32. The monoisotopic (exact) mass is 345 g/mol. The van der Waals surface area contributed by atoms with Crippen molar-refractivity contribution in [2.75, 3.05) is 13.1 Å². The summed E-state index contributed by atoms with van der Waals surface area (Å²) in [6.07, 6.45) is 3.55. The number of aliphatic carboxylic acids is 1. The molecule has 1 unspecified atom stereocenters. The number of piperidine rings is 1. The minimum atomic E-state index is -0.917. The standard InChI is InChI=1S/C17H23N5O3/c1-12-8-13(2)22(18-12)10-16(23)20-6-3-4-14(9-20)15-5-7-21(19-15)11-17(24)25/h5,7-8,14H,3-4,6,9-11H2,1-2H3,(H,24,25). The smallest absolute Gasteiger partial charge is 0.325 e. The molecule has 3 rings (SSSR count). The highest BCUT2D eigenvalue weighted by atomic mass is 16.4. The zero-order valence-corrected chi connectivity index (χ0v) is 14.6. The number of amides is 1. The molecule has 1 fully saturated rings. The van der Waals surface area contributed by atoms with Crippen molar-refractivity contribution in [3.05, 3.63) is 35.4 Å². The van der Waals surface area contributed by atoms with Crippen molar-refractivity contribution >= 4 is 11.9 Å². The Morgan fingerprint density at radius 3 is 2.76 bits per heavy atom. The van der Waals surface area contributed by atoms with Crippen LogP contribution in [0.25, 0.3) is 0 Å². The van der Waals surface area contributed by atoms with E-state index < -0.39 is 5.97 Å². The summed E-state index contributed by atoms with van der Waals surface area (Å²) in [7, 11) is 0. The van der Waals surface area contributed by atoms with E-state index in [1.54, 1.807) is 10.9 Å². The van der Waals surface area contributed by atoms with Crippen LogP contribution in [0.15, 0.2) is 18.3 Å². The molecule has 1 aliphatic heterocycles. The Kier molecular flexibility index (Phi) is 4.87. The second kappa shape index (κ2) is 7.08. The molecule has 8 heteroatoms. The summed E-state index contributed by atoms with van der Waals surface area (Å²) in [6, 6.07) is 3.81. The van der Waals surface area contributed by atoms with Crippen LogP contribution in [0.4, 0.5) is 0 Å². The average molecular weight is 345 g/mol. The van der Waals surface area contributed by atoms with Crippen LogP contribution >= 0.6 is 0 Å². The fraction of sp³-hybridized carbons (Fsp3) is 0.529. The molecule has 1 aliphatic rings. The maximum Gasteiger partial charge on any atom is 0.325 e. The quantitative estimate of drug-likeness (QED) is 0.878. The average Bonchev–Trinajstić information content (AvgIpc) is 3.13. The van der Waals surface area contributed by atoms with Crippen molar-refractivity contribution in [1.82, 2.24) is 24.5 Å². The van der Waals surface area contributed by atoms with Crippen LogP contribution in [-0.2, 0) is 22.7 Å². The number of likely N-dealkylation sites (tertiary alicyclic amines) is 1. The molecule has 0 aliphatic carbocycles. The van der Waals surface area contributed by atoms with Gasteiger partial charge in [-0.05, 0) is 38.8 Å². The molecule has 1 atom stereocenters. The van der Waals surface area contributed by atoms with Crippen molar-refractivity contribution in [1.29, 1.82) is 0 Å². The largest absolute Gasteiger partial charge is 0.480 e. The van der Waals surface area contributed by atoms with Crippen LogP contribution in [0.3, 0.4) is 0 Å². The molecule has 0 aromatic carbocycles. The van der Waals surface area contributed by atoms with Crippen LogP contribution in [0.2, 0.25) is 0 Å². The molecule has 8 nitrogen and oxygen atoms in total. The first kappa shape index (κ1) is 17.2. The first-order valence-corrected chi connectivity index (χ1v) is 8.46. The third kappa shape index (κ3) is 4.07. The van der Waals surface area contributed by atoms with Gasteiger partial charge in [-0.1, -0.05) is 0 Å². The lowest BCUT2D eigenvalue weighted by atomic mass is 9.95. The molecule has 25 heavy (non-hydrogen) atoms. The molecule has 2 aromatic rings. The van der Waals surface area contributed by atoms with Crippen molar-refractivity contribution in [3.63, 3.8) is 0 Å². The number of hydrogen-bond acceptors (Lipinski definition) is 4. The highest BCUT2D eigenvalue weighted by molar-refractivity contribution is 5.76. The minimum absolute atomic E-state index is 0.0564. The second-order valence-electron chi connectivity index (χ2n) is 6.60. The van der Waals surface area contributed by atoms with E-state index in [0.717, 1.165) is 36.5 Å². The lowest BCUT2D eigenvalue weighted by Crippen LogP contribution is -2.41. The van der Waals surface area contributed by atoms with E-state index in [2.05, 4.69) is 10.2 Å². The van der Waals surface area contributed by atoms with Crippen LogP contribution in [0.1, 0.15) is 35.8 Å². The molecule has 0 bridgehead atoms.